The normalized spacial score (nSPS) is 13.7. The second-order valence-electron chi connectivity index (χ2n) is 3.87. The molecule has 0 aliphatic heterocycles. The van der Waals surface area contributed by atoms with E-state index in [-0.39, 0.29) is 5.03 Å². The summed E-state index contributed by atoms with van der Waals surface area (Å²) in [5.41, 5.74) is 0. The van der Waals surface area contributed by atoms with Gasteiger partial charge in [0.1, 0.15) is 11.6 Å². The van der Waals surface area contributed by atoms with Gasteiger partial charge < -0.3 is 9.97 Å². The molecular formula is C10H15N5O2S. The fraction of sp³-hybridized carbons (Fsp3) is 0.400. The summed E-state index contributed by atoms with van der Waals surface area (Å²) in [7, 11) is -3.60. The van der Waals surface area contributed by atoms with Gasteiger partial charge in [-0.05, 0) is 6.92 Å². The Morgan fingerprint density at radius 1 is 1.44 bits per heavy atom. The molecule has 2 aromatic rings. The Bertz CT molecular complexity index is 602. The summed E-state index contributed by atoms with van der Waals surface area (Å²) in [4.78, 5) is 13.6. The molecule has 2 aromatic heterocycles. The van der Waals surface area contributed by atoms with Crippen molar-refractivity contribution in [2.24, 2.45) is 0 Å². The molecule has 0 bridgehead atoms. The summed E-state index contributed by atoms with van der Waals surface area (Å²) >= 11 is 0. The lowest BCUT2D eigenvalue weighted by Crippen LogP contribution is -2.27. The van der Waals surface area contributed by atoms with E-state index in [0.717, 1.165) is 0 Å². The van der Waals surface area contributed by atoms with Crippen LogP contribution in [0, 0.1) is 0 Å². The second-order valence-corrected chi connectivity index (χ2v) is 5.55. The number of sulfonamides is 1. The van der Waals surface area contributed by atoms with Crippen molar-refractivity contribution < 1.29 is 8.42 Å². The maximum absolute atomic E-state index is 12.0. The lowest BCUT2D eigenvalue weighted by atomic mass is 10.3. The minimum Gasteiger partial charge on any atom is -0.347 e. The van der Waals surface area contributed by atoms with E-state index in [1.165, 1.54) is 6.20 Å². The fourth-order valence-electron chi connectivity index (χ4n) is 1.53. The minimum atomic E-state index is -3.60. The van der Waals surface area contributed by atoms with Gasteiger partial charge in [-0.2, -0.15) is 4.72 Å². The average Bonchev–Trinajstić information content (AvgIpc) is 3.00. The molecule has 0 spiro atoms. The van der Waals surface area contributed by atoms with E-state index in [1.807, 2.05) is 6.92 Å². The number of aryl methyl sites for hydroxylation is 1. The van der Waals surface area contributed by atoms with Gasteiger partial charge in [-0.1, -0.05) is 6.92 Å². The monoisotopic (exact) mass is 269 g/mol. The van der Waals surface area contributed by atoms with Gasteiger partial charge in [0.05, 0.1) is 12.2 Å². The third-order valence-corrected chi connectivity index (χ3v) is 3.94. The fourth-order valence-corrected chi connectivity index (χ4v) is 2.67. The number of H-pyrrole nitrogens is 2. The van der Waals surface area contributed by atoms with Gasteiger partial charge in [-0.25, -0.2) is 18.4 Å². The number of hydrogen-bond donors (Lipinski definition) is 3. The summed E-state index contributed by atoms with van der Waals surface area (Å²) in [6, 6.07) is -0.432. The van der Waals surface area contributed by atoms with Crippen LogP contribution in [0.5, 0.6) is 0 Å². The number of aromatic nitrogens is 4. The highest BCUT2D eigenvalue weighted by atomic mass is 32.2. The van der Waals surface area contributed by atoms with Gasteiger partial charge in [0.15, 0.2) is 5.03 Å². The standard InChI is InChI=1S/C10H15N5O2S/c1-3-8-13-6-9(14-8)18(16,17)15-7(2)10-11-4-5-12-10/h4-7,15H,3H2,1-2H3,(H,11,12)(H,13,14). The van der Waals surface area contributed by atoms with E-state index >= 15 is 0 Å². The van der Waals surface area contributed by atoms with Crippen molar-refractivity contribution in [1.82, 2.24) is 24.7 Å². The molecule has 0 aromatic carbocycles. The molecule has 98 valence electrons. The summed E-state index contributed by atoms with van der Waals surface area (Å²) in [5, 5.41) is 0.0674. The van der Waals surface area contributed by atoms with Crippen molar-refractivity contribution in [2.75, 3.05) is 0 Å². The molecule has 0 fully saturated rings. The van der Waals surface area contributed by atoms with Crippen LogP contribution in [0.4, 0.5) is 0 Å². The third kappa shape index (κ3) is 2.59. The first-order chi connectivity index (χ1) is 8.53. The highest BCUT2D eigenvalue weighted by Gasteiger charge is 2.21. The number of rotatable bonds is 5. The molecule has 0 saturated heterocycles. The lowest BCUT2D eigenvalue weighted by Gasteiger charge is -2.10. The van der Waals surface area contributed by atoms with Gasteiger partial charge in [0.25, 0.3) is 10.0 Å². The van der Waals surface area contributed by atoms with Crippen LogP contribution in [0.3, 0.4) is 0 Å². The van der Waals surface area contributed by atoms with Crippen molar-refractivity contribution in [3.05, 3.63) is 30.2 Å². The molecule has 0 saturated carbocycles. The predicted molar refractivity (Wildman–Crippen MR) is 65.3 cm³/mol. The summed E-state index contributed by atoms with van der Waals surface area (Å²) in [6.45, 7) is 3.61. The maximum Gasteiger partial charge on any atom is 0.258 e. The van der Waals surface area contributed by atoms with Crippen LogP contribution < -0.4 is 4.72 Å². The first kappa shape index (κ1) is 12.8. The van der Waals surface area contributed by atoms with Crippen molar-refractivity contribution >= 4 is 10.0 Å². The molecular weight excluding hydrogens is 254 g/mol. The highest BCUT2D eigenvalue weighted by Crippen LogP contribution is 2.12. The highest BCUT2D eigenvalue weighted by molar-refractivity contribution is 7.89. The summed E-state index contributed by atoms with van der Waals surface area (Å²) in [5.74, 6) is 1.20. The van der Waals surface area contributed by atoms with Gasteiger partial charge >= 0.3 is 0 Å². The van der Waals surface area contributed by atoms with Gasteiger partial charge in [-0.15, -0.1) is 0 Å². The van der Waals surface area contributed by atoms with Crippen LogP contribution in [0.1, 0.15) is 31.5 Å². The van der Waals surface area contributed by atoms with Gasteiger partial charge in [-0.3, -0.25) is 0 Å². The first-order valence-corrected chi connectivity index (χ1v) is 7.06. The molecule has 1 unspecified atom stereocenters. The first-order valence-electron chi connectivity index (χ1n) is 5.58. The van der Waals surface area contributed by atoms with Crippen molar-refractivity contribution in [3.8, 4) is 0 Å². The molecule has 1 atom stereocenters. The average molecular weight is 269 g/mol. The molecule has 8 heteroatoms. The number of hydrogen-bond acceptors (Lipinski definition) is 4. The zero-order valence-corrected chi connectivity index (χ0v) is 11.0. The van der Waals surface area contributed by atoms with Crippen LogP contribution in [-0.2, 0) is 16.4 Å². The van der Waals surface area contributed by atoms with E-state index in [1.54, 1.807) is 19.3 Å². The molecule has 18 heavy (non-hydrogen) atoms. The zero-order valence-electron chi connectivity index (χ0n) is 10.1. The van der Waals surface area contributed by atoms with E-state index in [0.29, 0.717) is 18.1 Å². The Balaban J connectivity index is 2.17. The van der Waals surface area contributed by atoms with Gasteiger partial charge in [0.2, 0.25) is 0 Å². The largest absolute Gasteiger partial charge is 0.347 e. The van der Waals surface area contributed by atoms with E-state index in [4.69, 9.17) is 0 Å². The summed E-state index contributed by atoms with van der Waals surface area (Å²) < 4.78 is 26.6. The molecule has 0 aliphatic carbocycles. The Hall–Kier alpha value is -1.67. The molecule has 2 rings (SSSR count). The molecule has 3 N–H and O–H groups in total. The van der Waals surface area contributed by atoms with Crippen LogP contribution in [0.25, 0.3) is 0 Å². The Morgan fingerprint density at radius 2 is 2.22 bits per heavy atom. The Morgan fingerprint density at radius 3 is 2.78 bits per heavy atom. The maximum atomic E-state index is 12.0. The van der Waals surface area contributed by atoms with E-state index in [9.17, 15) is 8.42 Å². The zero-order chi connectivity index (χ0) is 13.2. The molecule has 0 aliphatic rings. The van der Waals surface area contributed by atoms with Crippen molar-refractivity contribution in [3.63, 3.8) is 0 Å². The number of nitrogens with one attached hydrogen (secondary N) is 3. The van der Waals surface area contributed by atoms with Gasteiger partial charge in [0, 0.05) is 18.8 Å². The quantitative estimate of drug-likeness (QED) is 0.744. The van der Waals surface area contributed by atoms with E-state index < -0.39 is 16.1 Å². The number of aromatic amines is 2. The molecule has 2 heterocycles. The third-order valence-electron chi connectivity index (χ3n) is 2.49. The van der Waals surface area contributed by atoms with Crippen molar-refractivity contribution in [2.45, 2.75) is 31.3 Å². The van der Waals surface area contributed by atoms with E-state index in [2.05, 4.69) is 24.7 Å². The van der Waals surface area contributed by atoms with Crippen LogP contribution >= 0.6 is 0 Å². The topological polar surface area (TPSA) is 104 Å². The number of nitrogens with zero attached hydrogens (tertiary/aromatic N) is 2. The Labute approximate surface area is 105 Å². The number of imidazole rings is 2. The molecule has 7 nitrogen and oxygen atoms in total. The molecule has 0 amide bonds. The second kappa shape index (κ2) is 4.91. The SMILES string of the molecule is CCc1ncc(S(=O)(=O)NC(C)c2ncc[nH]2)[nH]1. The predicted octanol–water partition coefficient (Wildman–Crippen LogP) is 0.735. The minimum absolute atomic E-state index is 0.0674. The van der Waals surface area contributed by atoms with Crippen LogP contribution in [0.2, 0.25) is 0 Å². The van der Waals surface area contributed by atoms with Crippen LogP contribution in [-0.4, -0.2) is 28.4 Å². The summed E-state index contributed by atoms with van der Waals surface area (Å²) in [6.07, 6.45) is 5.19. The van der Waals surface area contributed by atoms with Crippen molar-refractivity contribution in [1.29, 1.82) is 0 Å². The smallest absolute Gasteiger partial charge is 0.258 e. The lowest BCUT2D eigenvalue weighted by molar-refractivity contribution is 0.558. The Kier molecular flexibility index (Phi) is 3.48. The molecule has 0 radical (unpaired) electrons. The van der Waals surface area contributed by atoms with Crippen LogP contribution in [0.15, 0.2) is 23.6 Å².